The molecule has 0 aromatic heterocycles. The zero-order valence-corrected chi connectivity index (χ0v) is 20.4. The maximum atomic E-state index is 14.0. The van der Waals surface area contributed by atoms with Crippen LogP contribution in [0.15, 0.2) is 89.9 Å². The second-order valence-corrected chi connectivity index (χ2v) is 8.80. The van der Waals surface area contributed by atoms with E-state index in [0.29, 0.717) is 5.56 Å². The summed E-state index contributed by atoms with van der Waals surface area (Å²) in [6.45, 7) is 5.81. The quantitative estimate of drug-likeness (QED) is 0.500. The molecule has 0 saturated heterocycles. The average molecular weight is 469 g/mol. The molecule has 0 spiro atoms. The molecule has 35 heavy (non-hydrogen) atoms. The molecule has 0 saturated carbocycles. The molecule has 1 aliphatic rings. The summed E-state index contributed by atoms with van der Waals surface area (Å²) in [5.74, 6) is -0.0337. The van der Waals surface area contributed by atoms with Gasteiger partial charge >= 0.3 is 0 Å². The zero-order chi connectivity index (χ0) is 24.8. The number of amides is 2. The lowest BCUT2D eigenvalue weighted by atomic mass is 9.83. The minimum atomic E-state index is -1.24. The smallest absolute Gasteiger partial charge is 0.266 e. The van der Waals surface area contributed by atoms with Gasteiger partial charge in [0.25, 0.3) is 11.8 Å². The molecule has 0 aliphatic carbocycles. The van der Waals surface area contributed by atoms with E-state index in [4.69, 9.17) is 10.7 Å². The van der Waals surface area contributed by atoms with Gasteiger partial charge in [0.2, 0.25) is 0 Å². The minimum absolute atomic E-state index is 0.00727. The lowest BCUT2D eigenvalue weighted by molar-refractivity contribution is -0.130. The molecule has 2 N–H and O–H groups in total. The Morgan fingerprint density at radius 1 is 0.886 bits per heavy atom. The van der Waals surface area contributed by atoms with Crippen LogP contribution in [0.5, 0.6) is 0 Å². The van der Waals surface area contributed by atoms with E-state index in [1.54, 1.807) is 0 Å². The summed E-state index contributed by atoms with van der Waals surface area (Å²) in [7, 11) is 0. The lowest BCUT2D eigenvalue weighted by Crippen LogP contribution is -2.43. The fourth-order valence-corrected chi connectivity index (χ4v) is 4.66. The Labute approximate surface area is 207 Å². The average Bonchev–Trinajstić information content (AvgIpc) is 3.15. The van der Waals surface area contributed by atoms with Crippen molar-refractivity contribution in [3.63, 3.8) is 0 Å². The van der Waals surface area contributed by atoms with Gasteiger partial charge in [0.15, 0.2) is 11.5 Å². The highest BCUT2D eigenvalue weighted by atomic mass is 16.2. The molecule has 0 unspecified atom stereocenters. The van der Waals surface area contributed by atoms with Crippen molar-refractivity contribution in [2.24, 2.45) is 10.7 Å². The van der Waals surface area contributed by atoms with Gasteiger partial charge < -0.3 is 10.6 Å². The van der Waals surface area contributed by atoms with Crippen LogP contribution < -0.4 is 5.73 Å². The Balaban J connectivity index is 1.66. The molecule has 1 heterocycles. The third kappa shape index (κ3) is 4.69. The Kier molecular flexibility index (Phi) is 7.30. The predicted octanol–water partition coefficient (Wildman–Crippen LogP) is 4.55. The molecule has 3 aromatic rings. The maximum absolute atomic E-state index is 14.0. The van der Waals surface area contributed by atoms with E-state index in [1.165, 1.54) is 4.90 Å². The summed E-state index contributed by atoms with van der Waals surface area (Å²) < 4.78 is 0. The zero-order valence-electron chi connectivity index (χ0n) is 20.4. The van der Waals surface area contributed by atoms with Crippen molar-refractivity contribution in [1.29, 1.82) is 0 Å². The number of guanidine groups is 1. The summed E-state index contributed by atoms with van der Waals surface area (Å²) in [6, 6.07) is 26.5. The summed E-state index contributed by atoms with van der Waals surface area (Å²) in [6.07, 6.45) is 1.81. The van der Waals surface area contributed by atoms with Gasteiger partial charge in [-0.3, -0.25) is 14.5 Å². The van der Waals surface area contributed by atoms with Crippen molar-refractivity contribution in [2.45, 2.75) is 38.8 Å². The van der Waals surface area contributed by atoms with Crippen molar-refractivity contribution in [3.05, 3.63) is 107 Å². The Morgan fingerprint density at radius 3 is 2.00 bits per heavy atom. The number of hydrogen-bond acceptors (Lipinski definition) is 4. The van der Waals surface area contributed by atoms with E-state index in [-0.39, 0.29) is 24.3 Å². The molecule has 4 rings (SSSR count). The van der Waals surface area contributed by atoms with E-state index in [1.807, 2.05) is 89.8 Å². The molecule has 0 atom stereocenters. The third-order valence-corrected chi connectivity index (χ3v) is 6.29. The summed E-state index contributed by atoms with van der Waals surface area (Å²) in [5, 5.41) is 0. The predicted molar refractivity (Wildman–Crippen MR) is 139 cm³/mol. The first-order valence-electron chi connectivity index (χ1n) is 12.2. The Morgan fingerprint density at radius 2 is 1.46 bits per heavy atom. The van der Waals surface area contributed by atoms with Crippen LogP contribution in [0.4, 0.5) is 0 Å². The van der Waals surface area contributed by atoms with Crippen LogP contribution in [0.1, 0.15) is 53.7 Å². The highest BCUT2D eigenvalue weighted by Crippen LogP contribution is 2.39. The largest absolute Gasteiger partial charge is 0.369 e. The number of nitrogens with two attached hydrogens (primary N) is 1. The fraction of sp³-hybridized carbons (Fsp3) is 0.276. The summed E-state index contributed by atoms with van der Waals surface area (Å²) in [4.78, 5) is 35.3. The van der Waals surface area contributed by atoms with E-state index < -0.39 is 5.54 Å². The standard InChI is InChI=1S/C29H32N4O2/c1-3-18-32(19-4-2)26(34)23-13-11-12-22(20-23)21-33-27(35)29(31-28(33)30,24-14-7-5-8-15-24)25-16-9-6-10-17-25/h5-17,20H,3-4,18-19,21H2,1-2H3,(H2,30,31). The van der Waals surface area contributed by atoms with Crippen LogP contribution in [0.25, 0.3) is 0 Å². The van der Waals surface area contributed by atoms with Crippen molar-refractivity contribution in [3.8, 4) is 0 Å². The van der Waals surface area contributed by atoms with Crippen LogP contribution >= 0.6 is 0 Å². The normalized spacial score (nSPS) is 14.6. The number of aliphatic imine (C=N–C) groups is 1. The van der Waals surface area contributed by atoms with Crippen molar-refractivity contribution < 1.29 is 9.59 Å². The number of hydrogen-bond donors (Lipinski definition) is 1. The van der Waals surface area contributed by atoms with Crippen molar-refractivity contribution in [1.82, 2.24) is 9.80 Å². The maximum Gasteiger partial charge on any atom is 0.266 e. The van der Waals surface area contributed by atoms with Crippen molar-refractivity contribution >= 4 is 17.8 Å². The van der Waals surface area contributed by atoms with Crippen LogP contribution in [0.3, 0.4) is 0 Å². The molecule has 3 aromatic carbocycles. The highest BCUT2D eigenvalue weighted by molar-refractivity contribution is 6.09. The molecule has 180 valence electrons. The van der Waals surface area contributed by atoms with Gasteiger partial charge in [0, 0.05) is 18.7 Å². The van der Waals surface area contributed by atoms with E-state index >= 15 is 0 Å². The molecule has 1 aliphatic heterocycles. The minimum Gasteiger partial charge on any atom is -0.369 e. The van der Waals surface area contributed by atoms with Gasteiger partial charge in [-0.15, -0.1) is 0 Å². The van der Waals surface area contributed by atoms with Gasteiger partial charge in [-0.2, -0.15) is 0 Å². The molecule has 0 radical (unpaired) electrons. The first kappa shape index (κ1) is 24.2. The number of rotatable bonds is 9. The second-order valence-electron chi connectivity index (χ2n) is 8.80. The second kappa shape index (κ2) is 10.6. The first-order chi connectivity index (χ1) is 17.0. The van der Waals surface area contributed by atoms with Crippen molar-refractivity contribution in [2.75, 3.05) is 13.1 Å². The molecule has 0 bridgehead atoms. The van der Waals surface area contributed by atoms with E-state index in [2.05, 4.69) is 13.8 Å². The number of nitrogens with zero attached hydrogens (tertiary/aromatic N) is 3. The van der Waals surface area contributed by atoms with E-state index in [0.717, 1.165) is 42.6 Å². The van der Waals surface area contributed by atoms with Gasteiger partial charge in [-0.25, -0.2) is 4.99 Å². The van der Waals surface area contributed by atoms with Gasteiger partial charge in [-0.05, 0) is 41.7 Å². The van der Waals surface area contributed by atoms with Crippen LogP contribution in [-0.4, -0.2) is 40.7 Å². The van der Waals surface area contributed by atoms with Gasteiger partial charge in [0.05, 0.1) is 6.54 Å². The molecule has 6 nitrogen and oxygen atoms in total. The molecular weight excluding hydrogens is 436 g/mol. The number of carbonyl (C=O) groups is 2. The molecular formula is C29H32N4O2. The van der Waals surface area contributed by atoms with Crippen LogP contribution in [-0.2, 0) is 16.9 Å². The SMILES string of the molecule is CCCN(CCC)C(=O)c1cccc(CN2C(=O)C(c3ccccc3)(c3ccccc3)N=C2N)c1. The molecule has 0 fully saturated rings. The number of carbonyl (C=O) groups excluding carboxylic acids is 2. The Bertz CT molecular complexity index is 1160. The summed E-state index contributed by atoms with van der Waals surface area (Å²) in [5.41, 5.74) is 8.10. The van der Waals surface area contributed by atoms with E-state index in [9.17, 15) is 9.59 Å². The Hall–Kier alpha value is -3.93. The number of benzene rings is 3. The third-order valence-electron chi connectivity index (χ3n) is 6.29. The van der Waals surface area contributed by atoms with Gasteiger partial charge in [0.1, 0.15) is 0 Å². The topological polar surface area (TPSA) is 79.0 Å². The summed E-state index contributed by atoms with van der Waals surface area (Å²) >= 11 is 0. The highest BCUT2D eigenvalue weighted by Gasteiger charge is 2.50. The van der Waals surface area contributed by atoms with Gasteiger partial charge in [-0.1, -0.05) is 86.6 Å². The van der Waals surface area contributed by atoms with Crippen LogP contribution in [0.2, 0.25) is 0 Å². The first-order valence-corrected chi connectivity index (χ1v) is 12.2. The lowest BCUT2D eigenvalue weighted by Gasteiger charge is -2.27. The molecule has 6 heteroatoms. The molecule has 2 amide bonds. The van der Waals surface area contributed by atoms with Crippen LogP contribution in [0, 0.1) is 0 Å². The fourth-order valence-electron chi connectivity index (χ4n) is 4.66. The monoisotopic (exact) mass is 468 g/mol.